The van der Waals surface area contributed by atoms with Crippen molar-refractivity contribution in [3.63, 3.8) is 0 Å². The maximum absolute atomic E-state index is 3.30. The molecule has 0 aromatic carbocycles. The molecule has 0 heterocycles. The Morgan fingerprint density at radius 2 is 1.50 bits per heavy atom. The average Bonchev–Trinajstić information content (AvgIpc) is 1.90. The fraction of sp³-hybridized carbons (Fsp3) is 1.00. The van der Waals surface area contributed by atoms with Crippen LogP contribution in [0.15, 0.2) is 0 Å². The largest absolute Gasteiger partial charge is 0.315 e. The minimum absolute atomic E-state index is 0.699. The zero-order valence-corrected chi connectivity index (χ0v) is 8.20. The van der Waals surface area contributed by atoms with E-state index in [0.29, 0.717) is 6.04 Å². The first kappa shape index (κ1) is 12.6. The van der Waals surface area contributed by atoms with Gasteiger partial charge in [0, 0.05) is 6.04 Å². The van der Waals surface area contributed by atoms with E-state index in [1.807, 2.05) is 0 Å². The fourth-order valence-corrected chi connectivity index (χ4v) is 0.493. The third kappa shape index (κ3) is 15.7. The van der Waals surface area contributed by atoms with Gasteiger partial charge in [0.15, 0.2) is 0 Å². The summed E-state index contributed by atoms with van der Waals surface area (Å²) >= 11 is 0. The van der Waals surface area contributed by atoms with Gasteiger partial charge in [-0.2, -0.15) is 0 Å². The number of nitrogens with one attached hydrogen (secondary N) is 1. The Morgan fingerprint density at radius 1 is 1.10 bits per heavy atom. The van der Waals surface area contributed by atoms with E-state index in [4.69, 9.17) is 0 Å². The van der Waals surface area contributed by atoms with E-state index in [9.17, 15) is 0 Å². The van der Waals surface area contributed by atoms with Crippen molar-refractivity contribution in [3.8, 4) is 0 Å². The predicted molar refractivity (Wildman–Crippen MR) is 49.4 cm³/mol. The van der Waals surface area contributed by atoms with E-state index in [2.05, 4.69) is 39.9 Å². The fourth-order valence-electron chi connectivity index (χ4n) is 0.493. The first-order chi connectivity index (χ1) is 4.72. The topological polar surface area (TPSA) is 12.0 Å². The van der Waals surface area contributed by atoms with E-state index >= 15 is 0 Å². The highest BCUT2D eigenvalue weighted by Gasteiger charge is 1.90. The summed E-state index contributed by atoms with van der Waals surface area (Å²) in [5.74, 6) is 0. The van der Waals surface area contributed by atoms with Gasteiger partial charge in [-0.25, -0.2) is 0 Å². The molecule has 0 radical (unpaired) electrons. The summed E-state index contributed by atoms with van der Waals surface area (Å²) in [5, 5.41) is 3.30. The van der Waals surface area contributed by atoms with Crippen LogP contribution in [0.2, 0.25) is 0 Å². The van der Waals surface area contributed by atoms with Gasteiger partial charge in [-0.15, -0.1) is 0 Å². The van der Waals surface area contributed by atoms with Crippen LogP contribution in [0, 0.1) is 0 Å². The van der Waals surface area contributed by atoms with Gasteiger partial charge in [0.1, 0.15) is 0 Å². The van der Waals surface area contributed by atoms with Gasteiger partial charge in [-0.3, -0.25) is 0 Å². The molecule has 0 aromatic heterocycles. The van der Waals surface area contributed by atoms with Crippen LogP contribution in [-0.4, -0.2) is 12.6 Å². The SMILES string of the molecule is CCC.CCNC(C)CC. The number of rotatable bonds is 3. The summed E-state index contributed by atoms with van der Waals surface area (Å²) in [6.45, 7) is 11.9. The normalized spacial score (nSPS) is 11.7. The third-order valence-corrected chi connectivity index (χ3v) is 1.16. The molecular formula is C9H23N. The quantitative estimate of drug-likeness (QED) is 0.644. The van der Waals surface area contributed by atoms with Crippen LogP contribution in [0.25, 0.3) is 0 Å². The van der Waals surface area contributed by atoms with Crippen LogP contribution >= 0.6 is 0 Å². The number of hydrogen-bond acceptors (Lipinski definition) is 1. The van der Waals surface area contributed by atoms with Gasteiger partial charge in [-0.05, 0) is 19.9 Å². The van der Waals surface area contributed by atoms with Gasteiger partial charge in [-0.1, -0.05) is 34.1 Å². The Bertz CT molecular complexity index is 44.0. The van der Waals surface area contributed by atoms with Gasteiger partial charge < -0.3 is 5.32 Å². The molecule has 64 valence electrons. The van der Waals surface area contributed by atoms with Crippen molar-refractivity contribution in [3.05, 3.63) is 0 Å². The first-order valence-electron chi connectivity index (χ1n) is 4.46. The van der Waals surface area contributed by atoms with Gasteiger partial charge in [0.25, 0.3) is 0 Å². The molecule has 1 N–H and O–H groups in total. The van der Waals surface area contributed by atoms with Gasteiger partial charge in [0.2, 0.25) is 0 Å². The maximum Gasteiger partial charge on any atom is 0.00359 e. The van der Waals surface area contributed by atoms with Crippen LogP contribution in [-0.2, 0) is 0 Å². The Morgan fingerprint density at radius 3 is 1.60 bits per heavy atom. The van der Waals surface area contributed by atoms with Crippen molar-refractivity contribution in [2.45, 2.75) is 53.5 Å². The summed E-state index contributed by atoms with van der Waals surface area (Å²) in [6.07, 6.45) is 2.48. The molecule has 0 aromatic rings. The van der Waals surface area contributed by atoms with Crippen molar-refractivity contribution >= 4 is 0 Å². The second-order valence-electron chi connectivity index (χ2n) is 2.57. The Balaban J connectivity index is 0. The zero-order valence-electron chi connectivity index (χ0n) is 8.20. The standard InChI is InChI=1S/C6H15N.C3H8/c1-4-6(3)7-5-2;1-3-2/h6-7H,4-5H2,1-3H3;3H2,1-2H3. The minimum Gasteiger partial charge on any atom is -0.315 e. The molecule has 0 aliphatic carbocycles. The van der Waals surface area contributed by atoms with Crippen molar-refractivity contribution in [1.29, 1.82) is 0 Å². The Kier molecular flexibility index (Phi) is 14.8. The molecule has 0 saturated carbocycles. The second-order valence-corrected chi connectivity index (χ2v) is 2.57. The summed E-state index contributed by atoms with van der Waals surface area (Å²) in [5.41, 5.74) is 0. The lowest BCUT2D eigenvalue weighted by Crippen LogP contribution is -2.24. The third-order valence-electron chi connectivity index (χ3n) is 1.16. The molecule has 0 aliphatic rings. The Labute approximate surface area is 66.2 Å². The molecule has 1 unspecified atom stereocenters. The highest BCUT2D eigenvalue weighted by molar-refractivity contribution is 4.53. The van der Waals surface area contributed by atoms with Crippen LogP contribution in [0.5, 0.6) is 0 Å². The van der Waals surface area contributed by atoms with Crippen molar-refractivity contribution in [2.75, 3.05) is 6.54 Å². The molecule has 1 heteroatoms. The lowest BCUT2D eigenvalue weighted by Gasteiger charge is -2.06. The highest BCUT2D eigenvalue weighted by Crippen LogP contribution is 1.84. The van der Waals surface area contributed by atoms with Crippen LogP contribution in [0.1, 0.15) is 47.5 Å². The minimum atomic E-state index is 0.699. The van der Waals surface area contributed by atoms with E-state index in [-0.39, 0.29) is 0 Å². The van der Waals surface area contributed by atoms with Crippen molar-refractivity contribution < 1.29 is 0 Å². The van der Waals surface area contributed by atoms with Crippen LogP contribution in [0.4, 0.5) is 0 Å². The summed E-state index contributed by atoms with van der Waals surface area (Å²) < 4.78 is 0. The molecule has 10 heavy (non-hydrogen) atoms. The molecule has 0 spiro atoms. The molecule has 1 atom stereocenters. The van der Waals surface area contributed by atoms with E-state index in [0.717, 1.165) is 6.54 Å². The molecule has 0 amide bonds. The van der Waals surface area contributed by atoms with E-state index < -0.39 is 0 Å². The lowest BCUT2D eigenvalue weighted by molar-refractivity contribution is 0.553. The Hall–Kier alpha value is -0.0400. The smallest absolute Gasteiger partial charge is 0.00359 e. The molecule has 1 nitrogen and oxygen atoms in total. The summed E-state index contributed by atoms with van der Waals surface area (Å²) in [4.78, 5) is 0. The second kappa shape index (κ2) is 11.7. The van der Waals surface area contributed by atoms with Gasteiger partial charge in [0.05, 0.1) is 0 Å². The summed E-state index contributed by atoms with van der Waals surface area (Å²) in [7, 11) is 0. The summed E-state index contributed by atoms with van der Waals surface area (Å²) in [6, 6.07) is 0.699. The molecule has 0 fully saturated rings. The lowest BCUT2D eigenvalue weighted by atomic mass is 10.3. The van der Waals surface area contributed by atoms with Crippen LogP contribution < -0.4 is 5.32 Å². The van der Waals surface area contributed by atoms with Gasteiger partial charge >= 0.3 is 0 Å². The molecule has 0 saturated heterocycles. The van der Waals surface area contributed by atoms with Crippen molar-refractivity contribution in [1.82, 2.24) is 5.32 Å². The predicted octanol–water partition coefficient (Wildman–Crippen LogP) is 2.81. The molecule has 0 rings (SSSR count). The molecule has 0 bridgehead atoms. The highest BCUT2D eigenvalue weighted by atomic mass is 14.9. The first-order valence-corrected chi connectivity index (χ1v) is 4.46. The molecule has 0 aliphatic heterocycles. The number of hydrogen-bond donors (Lipinski definition) is 1. The van der Waals surface area contributed by atoms with E-state index in [1.54, 1.807) is 0 Å². The monoisotopic (exact) mass is 145 g/mol. The zero-order chi connectivity index (χ0) is 8.41. The molecular weight excluding hydrogens is 122 g/mol. The maximum atomic E-state index is 3.30. The van der Waals surface area contributed by atoms with E-state index in [1.165, 1.54) is 12.8 Å². The van der Waals surface area contributed by atoms with Crippen LogP contribution in [0.3, 0.4) is 0 Å². The van der Waals surface area contributed by atoms with Crippen molar-refractivity contribution in [2.24, 2.45) is 0 Å². The average molecular weight is 145 g/mol.